The van der Waals surface area contributed by atoms with Crippen molar-refractivity contribution in [3.05, 3.63) is 64.3 Å². The molecular weight excluding hydrogens is 372 g/mol. The number of rotatable bonds is 3. The van der Waals surface area contributed by atoms with Crippen LogP contribution >= 0.6 is 11.6 Å². The van der Waals surface area contributed by atoms with Crippen LogP contribution in [0.2, 0.25) is 5.02 Å². The Morgan fingerprint density at radius 2 is 1.96 bits per heavy atom. The number of benzene rings is 2. The molecule has 0 aliphatic carbocycles. The van der Waals surface area contributed by atoms with Crippen LogP contribution in [0.25, 0.3) is 22.4 Å². The molecule has 2 aromatic carbocycles. The summed E-state index contributed by atoms with van der Waals surface area (Å²) in [4.78, 5) is 6.95. The van der Waals surface area contributed by atoms with E-state index in [1.165, 1.54) is 16.8 Å². The Morgan fingerprint density at radius 1 is 1.14 bits per heavy atom. The summed E-state index contributed by atoms with van der Waals surface area (Å²) in [5, 5.41) is 8.48. The first-order valence-corrected chi connectivity index (χ1v) is 9.94. The largest absolute Gasteiger partial charge is 0.423 e. The Balaban J connectivity index is 1.48. The molecule has 28 heavy (non-hydrogen) atoms. The zero-order valence-electron chi connectivity index (χ0n) is 15.9. The highest BCUT2D eigenvalue weighted by Gasteiger charge is 2.25. The molecule has 5 nitrogen and oxygen atoms in total. The van der Waals surface area contributed by atoms with Crippen molar-refractivity contribution in [3.63, 3.8) is 0 Å². The fourth-order valence-corrected chi connectivity index (χ4v) is 3.86. The van der Waals surface area contributed by atoms with Crippen LogP contribution < -0.4 is 4.90 Å². The van der Waals surface area contributed by atoms with Crippen molar-refractivity contribution in [2.45, 2.75) is 32.7 Å². The second-order valence-corrected chi connectivity index (χ2v) is 8.02. The molecule has 5 rings (SSSR count). The van der Waals surface area contributed by atoms with Crippen molar-refractivity contribution in [1.82, 2.24) is 15.2 Å². The van der Waals surface area contributed by atoms with E-state index in [1.807, 2.05) is 30.3 Å². The van der Waals surface area contributed by atoms with Crippen LogP contribution in [-0.2, 0) is 13.0 Å². The lowest BCUT2D eigenvalue weighted by atomic mass is 10.0. The third-order valence-electron chi connectivity index (χ3n) is 5.39. The minimum absolute atomic E-state index is 0.468. The predicted octanol–water partition coefficient (Wildman–Crippen LogP) is 5.56. The molecule has 1 N–H and O–H groups in total. The summed E-state index contributed by atoms with van der Waals surface area (Å²) in [6.07, 6.45) is 0.881. The van der Waals surface area contributed by atoms with E-state index in [4.69, 9.17) is 21.0 Å². The molecule has 0 saturated carbocycles. The average Bonchev–Trinajstić information content (AvgIpc) is 3.31. The highest BCUT2D eigenvalue weighted by atomic mass is 35.5. The van der Waals surface area contributed by atoms with Crippen LogP contribution in [0.4, 0.5) is 6.01 Å². The van der Waals surface area contributed by atoms with E-state index >= 15 is 0 Å². The summed E-state index contributed by atoms with van der Waals surface area (Å²) in [6.45, 7) is 5.93. The van der Waals surface area contributed by atoms with Gasteiger partial charge in [0.2, 0.25) is 0 Å². The number of hydrogen-bond donors (Lipinski definition) is 1. The molecule has 6 heteroatoms. The molecule has 0 atom stereocenters. The van der Waals surface area contributed by atoms with Gasteiger partial charge in [-0.15, -0.1) is 0 Å². The van der Waals surface area contributed by atoms with Crippen LogP contribution in [0.3, 0.4) is 0 Å². The number of fused-ring (bicyclic) bond motifs is 2. The van der Waals surface area contributed by atoms with Crippen molar-refractivity contribution in [2.24, 2.45) is 0 Å². The maximum absolute atomic E-state index is 6.06. The third-order valence-corrected chi connectivity index (χ3v) is 5.64. The number of nitrogens with one attached hydrogen (secondary N) is 1. The molecule has 2 aromatic heterocycles. The normalized spacial score (nSPS) is 14.1. The van der Waals surface area contributed by atoms with Crippen LogP contribution in [0.1, 0.15) is 36.6 Å². The van der Waals surface area contributed by atoms with Crippen molar-refractivity contribution in [3.8, 4) is 11.3 Å². The van der Waals surface area contributed by atoms with E-state index in [9.17, 15) is 0 Å². The molecule has 142 valence electrons. The van der Waals surface area contributed by atoms with Gasteiger partial charge in [-0.2, -0.15) is 10.1 Å². The van der Waals surface area contributed by atoms with E-state index < -0.39 is 0 Å². The highest BCUT2D eigenvalue weighted by molar-refractivity contribution is 6.30. The number of oxazole rings is 1. The monoisotopic (exact) mass is 392 g/mol. The molecule has 0 bridgehead atoms. The van der Waals surface area contributed by atoms with Gasteiger partial charge in [0.05, 0.1) is 12.2 Å². The summed E-state index contributed by atoms with van der Waals surface area (Å²) in [5.74, 6) is 0.468. The van der Waals surface area contributed by atoms with E-state index in [-0.39, 0.29) is 0 Å². The molecule has 3 heterocycles. The van der Waals surface area contributed by atoms with Gasteiger partial charge in [-0.25, -0.2) is 0 Å². The molecule has 1 aliphatic heterocycles. The van der Waals surface area contributed by atoms with E-state index in [1.54, 1.807) is 0 Å². The quantitative estimate of drug-likeness (QED) is 0.496. The zero-order valence-corrected chi connectivity index (χ0v) is 16.6. The van der Waals surface area contributed by atoms with Crippen molar-refractivity contribution >= 4 is 28.7 Å². The smallest absolute Gasteiger partial charge is 0.298 e. The molecule has 0 saturated heterocycles. The minimum Gasteiger partial charge on any atom is -0.423 e. The molecule has 0 radical (unpaired) electrons. The Labute approximate surface area is 168 Å². The number of hydrogen-bond acceptors (Lipinski definition) is 4. The lowest BCUT2D eigenvalue weighted by Crippen LogP contribution is -2.30. The standard InChI is InChI=1S/C22H21ClN4O/c1-13(2)15-5-8-20-19(11-15)24-22(28-20)27-10-9-18-17(12-27)21(26-25-18)14-3-6-16(23)7-4-14/h3-8,11,13H,9-10,12H2,1-2H3,(H,25,26). The van der Waals surface area contributed by atoms with Crippen molar-refractivity contribution in [2.75, 3.05) is 11.4 Å². The van der Waals surface area contributed by atoms with Gasteiger partial charge in [0.25, 0.3) is 6.01 Å². The Morgan fingerprint density at radius 3 is 2.75 bits per heavy atom. The molecule has 0 unspecified atom stereocenters. The fraction of sp³-hybridized carbons (Fsp3) is 0.273. The van der Waals surface area contributed by atoms with Crippen molar-refractivity contribution in [1.29, 1.82) is 0 Å². The number of aromatic nitrogens is 3. The zero-order chi connectivity index (χ0) is 19.3. The van der Waals surface area contributed by atoms with Crippen LogP contribution in [0.5, 0.6) is 0 Å². The molecule has 1 aliphatic rings. The first-order chi connectivity index (χ1) is 13.6. The van der Waals surface area contributed by atoms with Crippen LogP contribution in [0, 0.1) is 0 Å². The van der Waals surface area contributed by atoms with E-state index in [2.05, 4.69) is 41.1 Å². The number of aromatic amines is 1. The summed E-state index contributed by atoms with van der Waals surface area (Å²) in [5.41, 5.74) is 7.41. The molecule has 0 amide bonds. The van der Waals surface area contributed by atoms with Gasteiger partial charge in [0.1, 0.15) is 5.52 Å². The lowest BCUT2D eigenvalue weighted by molar-refractivity contribution is 0.553. The summed E-state index contributed by atoms with van der Waals surface area (Å²) >= 11 is 6.03. The average molecular weight is 393 g/mol. The maximum Gasteiger partial charge on any atom is 0.298 e. The van der Waals surface area contributed by atoms with Crippen LogP contribution in [-0.4, -0.2) is 21.7 Å². The van der Waals surface area contributed by atoms with Gasteiger partial charge < -0.3 is 9.32 Å². The second kappa shape index (κ2) is 6.67. The van der Waals surface area contributed by atoms with E-state index in [0.717, 1.165) is 40.3 Å². The Bertz CT molecular complexity index is 1140. The number of nitrogens with zero attached hydrogens (tertiary/aromatic N) is 3. The van der Waals surface area contributed by atoms with Gasteiger partial charge >= 0.3 is 0 Å². The number of halogens is 1. The summed E-state index contributed by atoms with van der Waals surface area (Å²) in [6, 6.07) is 14.7. The summed E-state index contributed by atoms with van der Waals surface area (Å²) < 4.78 is 6.06. The third kappa shape index (κ3) is 2.96. The van der Waals surface area contributed by atoms with E-state index in [0.29, 0.717) is 18.5 Å². The first kappa shape index (κ1) is 17.3. The highest BCUT2D eigenvalue weighted by Crippen LogP contribution is 2.32. The number of H-pyrrole nitrogens is 1. The first-order valence-electron chi connectivity index (χ1n) is 9.56. The fourth-order valence-electron chi connectivity index (χ4n) is 3.73. The van der Waals surface area contributed by atoms with Gasteiger partial charge in [-0.1, -0.05) is 43.6 Å². The molecular formula is C22H21ClN4O. The predicted molar refractivity (Wildman–Crippen MR) is 112 cm³/mol. The van der Waals surface area contributed by atoms with Crippen molar-refractivity contribution < 1.29 is 4.42 Å². The van der Waals surface area contributed by atoms with Gasteiger partial charge in [0.15, 0.2) is 5.58 Å². The maximum atomic E-state index is 6.06. The minimum atomic E-state index is 0.468. The number of anilines is 1. The Kier molecular flexibility index (Phi) is 4.13. The summed E-state index contributed by atoms with van der Waals surface area (Å²) in [7, 11) is 0. The second-order valence-electron chi connectivity index (χ2n) is 7.59. The van der Waals surface area contributed by atoms with Gasteiger partial charge in [0, 0.05) is 34.8 Å². The van der Waals surface area contributed by atoms with Crippen LogP contribution in [0.15, 0.2) is 46.9 Å². The molecule has 0 spiro atoms. The molecule has 0 fully saturated rings. The SMILES string of the molecule is CC(C)c1ccc2oc(N3CCc4[nH]nc(-c5ccc(Cl)cc5)c4C3)nc2c1. The van der Waals surface area contributed by atoms with Gasteiger partial charge in [-0.05, 0) is 35.7 Å². The Hall–Kier alpha value is -2.79. The lowest BCUT2D eigenvalue weighted by Gasteiger charge is -2.25. The topological polar surface area (TPSA) is 58.0 Å². The molecule has 4 aromatic rings. The van der Waals surface area contributed by atoms with Gasteiger partial charge in [-0.3, -0.25) is 5.10 Å².